The fourth-order valence-electron chi connectivity index (χ4n) is 2.41. The first-order valence-corrected chi connectivity index (χ1v) is 8.34. The normalized spacial score (nSPS) is 11.8. The van der Waals surface area contributed by atoms with Gasteiger partial charge in [-0.2, -0.15) is 0 Å². The number of hydrogen-bond donors (Lipinski definition) is 0. The topological polar surface area (TPSA) is 64.3 Å². The molecule has 0 radical (unpaired) electrons. The Kier molecular flexibility index (Phi) is 3.56. The lowest BCUT2D eigenvalue weighted by Gasteiger charge is -2.08. The Labute approximate surface area is 132 Å². The van der Waals surface area contributed by atoms with Gasteiger partial charge in [0.15, 0.2) is 4.90 Å². The summed E-state index contributed by atoms with van der Waals surface area (Å²) in [7, 11) is -4.05. The highest BCUT2D eigenvalue weighted by atomic mass is 32.2. The summed E-state index contributed by atoms with van der Waals surface area (Å²) in [6, 6.07) is 9.59. The number of hydrogen-bond acceptors (Lipinski definition) is 4. The van der Waals surface area contributed by atoms with Crippen molar-refractivity contribution in [1.82, 2.24) is 0 Å². The zero-order chi connectivity index (χ0) is 16.8. The van der Waals surface area contributed by atoms with E-state index in [0.717, 1.165) is 17.7 Å². The molecule has 0 amide bonds. The Morgan fingerprint density at radius 3 is 2.30 bits per heavy atom. The minimum Gasteiger partial charge on any atom is -0.460 e. The third-order valence-electron chi connectivity index (χ3n) is 3.58. The van der Waals surface area contributed by atoms with Crippen molar-refractivity contribution >= 4 is 20.8 Å². The van der Waals surface area contributed by atoms with Crippen molar-refractivity contribution in [3.8, 4) is 0 Å². The van der Waals surface area contributed by atoms with Crippen molar-refractivity contribution in [2.45, 2.75) is 23.6 Å². The van der Waals surface area contributed by atoms with Crippen LogP contribution in [0.1, 0.15) is 11.3 Å². The van der Waals surface area contributed by atoms with Crippen LogP contribution in [0.25, 0.3) is 11.0 Å². The first-order chi connectivity index (χ1) is 10.8. The number of sulfone groups is 1. The van der Waals surface area contributed by atoms with E-state index in [9.17, 15) is 17.6 Å². The van der Waals surface area contributed by atoms with E-state index < -0.39 is 26.0 Å². The molecule has 0 spiro atoms. The van der Waals surface area contributed by atoms with Gasteiger partial charge >= 0.3 is 0 Å². The highest BCUT2D eigenvalue weighted by Crippen LogP contribution is 2.25. The number of aryl methyl sites for hydroxylation is 2. The monoisotopic (exact) mass is 332 g/mol. The van der Waals surface area contributed by atoms with Gasteiger partial charge in [-0.05, 0) is 44.2 Å². The van der Waals surface area contributed by atoms with Crippen LogP contribution in [0.3, 0.4) is 0 Å². The first-order valence-electron chi connectivity index (χ1n) is 6.85. The number of fused-ring (bicyclic) bond motifs is 1. The van der Waals surface area contributed by atoms with Crippen molar-refractivity contribution in [2.75, 3.05) is 0 Å². The molecule has 1 aromatic heterocycles. The molecule has 2 aromatic carbocycles. The lowest BCUT2D eigenvalue weighted by atomic mass is 10.2. The summed E-state index contributed by atoms with van der Waals surface area (Å²) >= 11 is 0. The number of rotatable bonds is 2. The molecule has 0 aliphatic heterocycles. The van der Waals surface area contributed by atoms with E-state index in [0.29, 0.717) is 0 Å². The van der Waals surface area contributed by atoms with E-state index in [1.807, 2.05) is 6.92 Å². The van der Waals surface area contributed by atoms with Crippen LogP contribution in [0.5, 0.6) is 0 Å². The molecule has 6 heteroatoms. The third kappa shape index (κ3) is 2.55. The van der Waals surface area contributed by atoms with E-state index in [4.69, 9.17) is 4.42 Å². The molecule has 1 heterocycles. The molecular weight excluding hydrogens is 319 g/mol. The zero-order valence-corrected chi connectivity index (χ0v) is 13.3. The number of halogens is 1. The molecule has 0 aliphatic rings. The molecule has 0 N–H and O–H groups in total. The molecular formula is C17H13FO4S. The standard InChI is InChI=1S/C17H13FO4S/c1-10-3-6-13(7-4-10)23(20,21)17-11(2)22-15-8-5-12(18)9-14(15)16(17)19/h3-9H,1-2H3. The summed E-state index contributed by atoms with van der Waals surface area (Å²) in [5, 5.41) is -0.0960. The van der Waals surface area contributed by atoms with E-state index in [1.54, 1.807) is 12.1 Å². The number of benzene rings is 2. The van der Waals surface area contributed by atoms with Crippen LogP contribution in [0.4, 0.5) is 4.39 Å². The summed E-state index contributed by atoms with van der Waals surface area (Å²) in [5.41, 5.74) is 0.286. The molecule has 0 atom stereocenters. The Hall–Kier alpha value is -2.47. The largest absolute Gasteiger partial charge is 0.460 e. The van der Waals surface area contributed by atoms with E-state index in [1.165, 1.54) is 25.1 Å². The Morgan fingerprint density at radius 2 is 1.65 bits per heavy atom. The van der Waals surface area contributed by atoms with Gasteiger partial charge in [-0.3, -0.25) is 4.79 Å². The molecule has 118 valence electrons. The van der Waals surface area contributed by atoms with Gasteiger partial charge < -0.3 is 4.42 Å². The summed E-state index contributed by atoms with van der Waals surface area (Å²) in [4.78, 5) is 12.1. The summed E-state index contributed by atoms with van der Waals surface area (Å²) in [6.07, 6.45) is 0. The lowest BCUT2D eigenvalue weighted by molar-refractivity contribution is 0.533. The fourth-order valence-corrected chi connectivity index (χ4v) is 3.91. The van der Waals surface area contributed by atoms with Gasteiger partial charge in [0.25, 0.3) is 0 Å². The smallest absolute Gasteiger partial charge is 0.213 e. The van der Waals surface area contributed by atoms with Crippen LogP contribution in [-0.4, -0.2) is 8.42 Å². The van der Waals surface area contributed by atoms with Gasteiger partial charge in [0.1, 0.15) is 17.2 Å². The van der Waals surface area contributed by atoms with Crippen LogP contribution >= 0.6 is 0 Å². The highest BCUT2D eigenvalue weighted by Gasteiger charge is 2.26. The predicted octanol–water partition coefficient (Wildman–Crippen LogP) is 3.38. The summed E-state index contributed by atoms with van der Waals surface area (Å²) < 4.78 is 44.3. The molecule has 0 fully saturated rings. The maximum atomic E-state index is 13.4. The van der Waals surface area contributed by atoms with Gasteiger partial charge in [-0.25, -0.2) is 12.8 Å². The highest BCUT2D eigenvalue weighted by molar-refractivity contribution is 7.91. The Balaban J connectivity index is 2.35. The van der Waals surface area contributed by atoms with Crippen molar-refractivity contribution in [2.24, 2.45) is 0 Å². The van der Waals surface area contributed by atoms with E-state index >= 15 is 0 Å². The van der Waals surface area contributed by atoms with Gasteiger partial charge in [0.2, 0.25) is 15.3 Å². The maximum absolute atomic E-state index is 13.4. The lowest BCUT2D eigenvalue weighted by Crippen LogP contribution is -2.17. The van der Waals surface area contributed by atoms with Crippen LogP contribution in [-0.2, 0) is 9.84 Å². The van der Waals surface area contributed by atoms with Crippen molar-refractivity contribution in [3.63, 3.8) is 0 Å². The molecule has 4 nitrogen and oxygen atoms in total. The Morgan fingerprint density at radius 1 is 1.00 bits per heavy atom. The second-order valence-electron chi connectivity index (χ2n) is 5.27. The molecule has 3 rings (SSSR count). The first kappa shape index (κ1) is 15.4. The second kappa shape index (κ2) is 5.31. The van der Waals surface area contributed by atoms with Crippen LogP contribution in [0.15, 0.2) is 61.5 Å². The average molecular weight is 332 g/mol. The predicted molar refractivity (Wildman–Crippen MR) is 83.8 cm³/mol. The molecule has 0 saturated carbocycles. The average Bonchev–Trinajstić information content (AvgIpc) is 2.48. The summed E-state index contributed by atoms with van der Waals surface area (Å²) in [6.45, 7) is 3.24. The van der Waals surface area contributed by atoms with Crippen LogP contribution < -0.4 is 5.43 Å². The zero-order valence-electron chi connectivity index (χ0n) is 12.5. The van der Waals surface area contributed by atoms with Crippen LogP contribution in [0.2, 0.25) is 0 Å². The van der Waals surface area contributed by atoms with E-state index in [-0.39, 0.29) is 21.6 Å². The molecule has 3 aromatic rings. The quantitative estimate of drug-likeness (QED) is 0.721. The molecule has 0 aliphatic carbocycles. The van der Waals surface area contributed by atoms with E-state index in [2.05, 4.69) is 0 Å². The SMILES string of the molecule is Cc1ccc(S(=O)(=O)c2c(C)oc3ccc(F)cc3c2=O)cc1. The Bertz CT molecular complexity index is 1060. The second-order valence-corrected chi connectivity index (χ2v) is 7.16. The van der Waals surface area contributed by atoms with Crippen LogP contribution in [0, 0.1) is 19.7 Å². The molecule has 0 bridgehead atoms. The molecule has 23 heavy (non-hydrogen) atoms. The fraction of sp³-hybridized carbons (Fsp3) is 0.118. The summed E-state index contributed by atoms with van der Waals surface area (Å²) in [5.74, 6) is -0.651. The van der Waals surface area contributed by atoms with Crippen molar-refractivity contribution in [3.05, 3.63) is 69.8 Å². The molecule has 0 unspecified atom stereocenters. The maximum Gasteiger partial charge on any atom is 0.213 e. The minimum absolute atomic E-state index is 0.00532. The van der Waals surface area contributed by atoms with Gasteiger partial charge in [0, 0.05) is 0 Å². The van der Waals surface area contributed by atoms with Gasteiger partial charge in [0.05, 0.1) is 10.3 Å². The van der Waals surface area contributed by atoms with Crippen molar-refractivity contribution < 1.29 is 17.2 Å². The van der Waals surface area contributed by atoms with Gasteiger partial charge in [-0.15, -0.1) is 0 Å². The minimum atomic E-state index is -4.05. The third-order valence-corrected chi connectivity index (χ3v) is 5.48. The molecule has 0 saturated heterocycles. The van der Waals surface area contributed by atoms with Gasteiger partial charge in [-0.1, -0.05) is 17.7 Å². The van der Waals surface area contributed by atoms with Crippen molar-refractivity contribution in [1.29, 1.82) is 0 Å².